The Morgan fingerprint density at radius 2 is 1.97 bits per heavy atom. The highest BCUT2D eigenvalue weighted by Gasteiger charge is 2.24. The fraction of sp³-hybridized carbons (Fsp3) is 0.350. The van der Waals surface area contributed by atoms with Crippen LogP contribution in [0.25, 0.3) is 16.9 Å². The molecule has 0 unspecified atom stereocenters. The summed E-state index contributed by atoms with van der Waals surface area (Å²) in [5.41, 5.74) is 3.19. The van der Waals surface area contributed by atoms with Crippen LogP contribution < -0.4 is 5.32 Å². The molecule has 4 rings (SSSR count). The molecule has 31 heavy (non-hydrogen) atoms. The second kappa shape index (κ2) is 9.16. The first-order valence-electron chi connectivity index (χ1n) is 9.96. The number of rotatable bonds is 6. The van der Waals surface area contributed by atoms with Crippen molar-refractivity contribution in [3.63, 3.8) is 0 Å². The second-order valence-corrected chi connectivity index (χ2v) is 9.93. The molecular formula is C20H27N7O2S2. The maximum Gasteiger partial charge on any atom is 0.252 e. The lowest BCUT2D eigenvalue weighted by Gasteiger charge is -2.13. The van der Waals surface area contributed by atoms with Crippen LogP contribution in [0.1, 0.15) is 26.3 Å². The molecule has 0 saturated carbocycles. The molecule has 0 aliphatic carbocycles. The lowest BCUT2D eigenvalue weighted by atomic mass is 10.3. The van der Waals surface area contributed by atoms with Gasteiger partial charge in [-0.3, -0.25) is 9.08 Å². The molecule has 0 fully saturated rings. The van der Waals surface area contributed by atoms with E-state index in [0.29, 0.717) is 32.8 Å². The lowest BCUT2D eigenvalue weighted by molar-refractivity contribution is 0.488. The Hall–Kier alpha value is -2.76. The molecule has 4 heterocycles. The summed E-state index contributed by atoms with van der Waals surface area (Å²) in [6.07, 6.45) is 8.98. The maximum absolute atomic E-state index is 12.7. The molecule has 11 heteroatoms. The number of hydrogen-bond donors (Lipinski definition) is 1. The van der Waals surface area contributed by atoms with Crippen LogP contribution in [0.5, 0.6) is 0 Å². The van der Waals surface area contributed by atoms with E-state index in [0.717, 1.165) is 11.3 Å². The second-order valence-electron chi connectivity index (χ2n) is 6.64. The minimum Gasteiger partial charge on any atom is -0.329 e. The molecule has 0 amide bonds. The van der Waals surface area contributed by atoms with E-state index in [4.69, 9.17) is 0 Å². The van der Waals surface area contributed by atoms with Crippen molar-refractivity contribution in [2.75, 3.05) is 18.9 Å². The summed E-state index contributed by atoms with van der Waals surface area (Å²) in [5.74, 6) is 0.552. The van der Waals surface area contributed by atoms with Crippen molar-refractivity contribution in [3.05, 3.63) is 42.6 Å². The highest BCUT2D eigenvalue weighted by molar-refractivity contribution is 7.91. The van der Waals surface area contributed by atoms with E-state index in [1.807, 2.05) is 50.7 Å². The fourth-order valence-electron chi connectivity index (χ4n) is 2.99. The Morgan fingerprint density at radius 1 is 1.23 bits per heavy atom. The molecule has 0 aliphatic rings. The Balaban J connectivity index is 0.00000132. The van der Waals surface area contributed by atoms with Crippen molar-refractivity contribution < 1.29 is 8.42 Å². The lowest BCUT2D eigenvalue weighted by Crippen LogP contribution is -2.26. The smallest absolute Gasteiger partial charge is 0.252 e. The van der Waals surface area contributed by atoms with Crippen molar-refractivity contribution in [3.8, 4) is 11.3 Å². The number of nitrogens with one attached hydrogen (secondary N) is 1. The van der Waals surface area contributed by atoms with Crippen LogP contribution in [0.4, 0.5) is 10.8 Å². The van der Waals surface area contributed by atoms with Gasteiger partial charge in [0, 0.05) is 44.8 Å². The summed E-state index contributed by atoms with van der Waals surface area (Å²) in [7, 11) is -0.0611. The maximum atomic E-state index is 12.7. The molecule has 0 bridgehead atoms. The number of sulfonamides is 1. The Labute approximate surface area is 186 Å². The molecule has 0 atom stereocenters. The SMILES string of the molecule is CC.CCN(C)S(=O)(=O)c1sc(Nc2nccn3c(-c4cnn(C)c4)cnc23)cc1C. The Kier molecular flexibility index (Phi) is 6.77. The van der Waals surface area contributed by atoms with E-state index in [2.05, 4.69) is 20.4 Å². The van der Waals surface area contributed by atoms with Gasteiger partial charge in [-0.1, -0.05) is 20.8 Å². The van der Waals surface area contributed by atoms with Gasteiger partial charge in [0.2, 0.25) is 0 Å². The summed E-state index contributed by atoms with van der Waals surface area (Å²) in [6, 6.07) is 1.82. The zero-order valence-electron chi connectivity index (χ0n) is 18.5. The third-order valence-electron chi connectivity index (χ3n) is 4.63. The number of nitrogens with zero attached hydrogens (tertiary/aromatic N) is 6. The number of thiophene rings is 1. The molecular weight excluding hydrogens is 434 g/mol. The largest absolute Gasteiger partial charge is 0.329 e. The first-order valence-corrected chi connectivity index (χ1v) is 12.2. The van der Waals surface area contributed by atoms with Crippen LogP contribution in [0.3, 0.4) is 0 Å². The summed E-state index contributed by atoms with van der Waals surface area (Å²) in [4.78, 5) is 8.90. The molecule has 0 saturated heterocycles. The molecule has 0 aliphatic heterocycles. The average molecular weight is 462 g/mol. The number of anilines is 2. The molecule has 0 aromatic carbocycles. The summed E-state index contributed by atoms with van der Waals surface area (Å²) in [5, 5.41) is 8.13. The number of aromatic nitrogens is 5. The van der Waals surface area contributed by atoms with E-state index < -0.39 is 10.0 Å². The number of aryl methyl sites for hydroxylation is 2. The zero-order valence-corrected chi connectivity index (χ0v) is 20.1. The molecule has 4 aromatic heterocycles. The number of imidazole rings is 1. The van der Waals surface area contributed by atoms with Gasteiger partial charge in [0.1, 0.15) is 4.21 Å². The van der Waals surface area contributed by atoms with Crippen LogP contribution in [0.2, 0.25) is 0 Å². The molecule has 9 nitrogen and oxygen atoms in total. The molecule has 0 spiro atoms. The van der Waals surface area contributed by atoms with Crippen LogP contribution in [0, 0.1) is 6.92 Å². The normalized spacial score (nSPS) is 11.6. The average Bonchev–Trinajstić information content (AvgIpc) is 3.47. The van der Waals surface area contributed by atoms with Crippen LogP contribution in [0.15, 0.2) is 41.3 Å². The van der Waals surface area contributed by atoms with Gasteiger partial charge in [0.15, 0.2) is 11.5 Å². The van der Waals surface area contributed by atoms with Crippen LogP contribution in [-0.4, -0.2) is 50.5 Å². The van der Waals surface area contributed by atoms with Gasteiger partial charge in [-0.05, 0) is 18.6 Å². The van der Waals surface area contributed by atoms with Crippen molar-refractivity contribution >= 4 is 37.8 Å². The minimum atomic E-state index is -3.50. The Bertz CT molecular complexity index is 1290. The van der Waals surface area contributed by atoms with Gasteiger partial charge in [-0.15, -0.1) is 11.3 Å². The first kappa shape index (κ1) is 22.9. The Morgan fingerprint density at radius 3 is 2.61 bits per heavy atom. The van der Waals surface area contributed by atoms with Crippen molar-refractivity contribution in [2.24, 2.45) is 7.05 Å². The molecule has 166 valence electrons. The number of fused-ring (bicyclic) bond motifs is 1. The fourth-order valence-corrected chi connectivity index (χ4v) is 5.95. The van der Waals surface area contributed by atoms with Gasteiger partial charge in [0.25, 0.3) is 10.0 Å². The summed E-state index contributed by atoms with van der Waals surface area (Å²) < 4.78 is 30.7. The summed E-state index contributed by atoms with van der Waals surface area (Å²) >= 11 is 1.19. The van der Waals surface area contributed by atoms with E-state index in [1.54, 1.807) is 37.2 Å². The minimum absolute atomic E-state index is 0.329. The monoisotopic (exact) mass is 461 g/mol. The highest BCUT2D eigenvalue weighted by atomic mass is 32.2. The quantitative estimate of drug-likeness (QED) is 0.468. The van der Waals surface area contributed by atoms with Crippen molar-refractivity contribution in [2.45, 2.75) is 31.9 Å². The van der Waals surface area contributed by atoms with E-state index in [9.17, 15) is 8.42 Å². The van der Waals surface area contributed by atoms with Gasteiger partial charge >= 0.3 is 0 Å². The van der Waals surface area contributed by atoms with Crippen molar-refractivity contribution in [1.29, 1.82) is 0 Å². The molecule has 1 N–H and O–H groups in total. The van der Waals surface area contributed by atoms with E-state index in [-0.39, 0.29) is 0 Å². The summed E-state index contributed by atoms with van der Waals surface area (Å²) in [6.45, 7) is 8.01. The zero-order chi connectivity index (χ0) is 22.8. The molecule has 4 aromatic rings. The topological polar surface area (TPSA) is 97.4 Å². The van der Waals surface area contributed by atoms with Crippen LogP contribution >= 0.6 is 11.3 Å². The third-order valence-corrected chi connectivity index (χ3v) is 8.33. The van der Waals surface area contributed by atoms with Crippen molar-refractivity contribution in [1.82, 2.24) is 28.5 Å². The number of hydrogen-bond acceptors (Lipinski definition) is 7. The van der Waals surface area contributed by atoms with Gasteiger partial charge in [-0.25, -0.2) is 22.7 Å². The molecule has 0 radical (unpaired) electrons. The van der Waals surface area contributed by atoms with Gasteiger partial charge in [0.05, 0.1) is 23.1 Å². The highest BCUT2D eigenvalue weighted by Crippen LogP contribution is 2.34. The first-order chi connectivity index (χ1) is 14.8. The predicted octanol–water partition coefficient (Wildman–Crippen LogP) is 3.91. The third kappa shape index (κ3) is 4.34. The van der Waals surface area contributed by atoms with E-state index in [1.165, 1.54) is 15.6 Å². The standard InChI is InChI=1S/C18H21N7O2S2.C2H6/c1-5-24(4)29(26,27)18-12(2)8-15(28-18)22-16-17-20-10-14(25(17)7-6-19-16)13-9-21-23(3)11-13;1-2/h6-11H,5H2,1-4H3,(H,19,22);1-2H3. The predicted molar refractivity (Wildman–Crippen MR) is 124 cm³/mol. The van der Waals surface area contributed by atoms with Gasteiger partial charge < -0.3 is 5.32 Å². The van der Waals surface area contributed by atoms with E-state index >= 15 is 0 Å². The van der Waals surface area contributed by atoms with Gasteiger partial charge in [-0.2, -0.15) is 5.10 Å². The van der Waals surface area contributed by atoms with Crippen LogP contribution in [-0.2, 0) is 17.1 Å².